The fraction of sp³-hybridized carbons (Fsp3) is 0.250. The van der Waals surface area contributed by atoms with Crippen LogP contribution in [0.2, 0.25) is 5.02 Å². The number of hydrogen-bond acceptors (Lipinski definition) is 1. The van der Waals surface area contributed by atoms with Gasteiger partial charge >= 0.3 is 0 Å². The van der Waals surface area contributed by atoms with Crippen LogP contribution in [0.15, 0.2) is 24.4 Å². The van der Waals surface area contributed by atoms with Gasteiger partial charge in [0, 0.05) is 23.7 Å². The zero-order chi connectivity index (χ0) is 10.8. The number of halogens is 1. The van der Waals surface area contributed by atoms with E-state index in [9.17, 15) is 4.79 Å². The first kappa shape index (κ1) is 10.2. The quantitative estimate of drug-likeness (QED) is 0.727. The number of aryl methyl sites for hydroxylation is 1. The normalized spacial score (nSPS) is 10.8. The highest BCUT2D eigenvalue weighted by Gasteiger charge is 2.09. The highest BCUT2D eigenvalue weighted by Crippen LogP contribution is 2.27. The molecule has 1 aromatic heterocycles. The van der Waals surface area contributed by atoms with Crippen LogP contribution < -0.4 is 0 Å². The van der Waals surface area contributed by atoms with Gasteiger partial charge < -0.3 is 4.57 Å². The van der Waals surface area contributed by atoms with Gasteiger partial charge in [0.15, 0.2) is 6.29 Å². The van der Waals surface area contributed by atoms with Crippen molar-refractivity contribution in [2.24, 2.45) is 0 Å². The first-order chi connectivity index (χ1) is 7.27. The zero-order valence-electron chi connectivity index (χ0n) is 8.53. The van der Waals surface area contributed by atoms with Crippen LogP contribution in [-0.4, -0.2) is 10.9 Å². The van der Waals surface area contributed by atoms with Crippen molar-refractivity contribution < 1.29 is 4.79 Å². The van der Waals surface area contributed by atoms with Gasteiger partial charge in [0.2, 0.25) is 0 Å². The van der Waals surface area contributed by atoms with Crippen LogP contribution in [0.5, 0.6) is 0 Å². The molecule has 15 heavy (non-hydrogen) atoms. The Hall–Kier alpha value is -1.28. The predicted octanol–water partition coefficient (Wildman–Crippen LogP) is 3.52. The Morgan fingerprint density at radius 1 is 1.47 bits per heavy atom. The number of nitrogens with zero attached hydrogens (tertiary/aromatic N) is 1. The van der Waals surface area contributed by atoms with Crippen LogP contribution in [0, 0.1) is 0 Å². The van der Waals surface area contributed by atoms with Crippen molar-refractivity contribution in [2.75, 3.05) is 0 Å². The molecular formula is C12H12ClNO. The molecule has 0 bridgehead atoms. The van der Waals surface area contributed by atoms with Crippen LogP contribution in [0.1, 0.15) is 23.7 Å². The van der Waals surface area contributed by atoms with Crippen molar-refractivity contribution in [1.82, 2.24) is 4.57 Å². The van der Waals surface area contributed by atoms with E-state index in [0.717, 1.165) is 30.2 Å². The highest BCUT2D eigenvalue weighted by atomic mass is 35.5. The summed E-state index contributed by atoms with van der Waals surface area (Å²) in [5.74, 6) is 0. The predicted molar refractivity (Wildman–Crippen MR) is 62.6 cm³/mol. The second-order valence-corrected chi connectivity index (χ2v) is 3.94. The van der Waals surface area contributed by atoms with Gasteiger partial charge in [-0.2, -0.15) is 0 Å². The van der Waals surface area contributed by atoms with E-state index in [1.54, 1.807) is 0 Å². The summed E-state index contributed by atoms with van der Waals surface area (Å²) in [6.07, 6.45) is 3.77. The van der Waals surface area contributed by atoms with Gasteiger partial charge in [-0.05, 0) is 12.5 Å². The van der Waals surface area contributed by atoms with Gasteiger partial charge in [-0.15, -0.1) is 0 Å². The van der Waals surface area contributed by atoms with E-state index in [0.29, 0.717) is 10.6 Å². The summed E-state index contributed by atoms with van der Waals surface area (Å²) < 4.78 is 2.04. The molecule has 0 aliphatic carbocycles. The van der Waals surface area contributed by atoms with Crippen LogP contribution in [0.25, 0.3) is 10.9 Å². The fourth-order valence-electron chi connectivity index (χ4n) is 1.85. The standard InChI is InChI=1S/C12H12ClNO/c1-2-6-14-7-9(8-15)10-4-3-5-11(13)12(10)14/h3-5,7-8H,2,6H2,1H3. The molecule has 3 heteroatoms. The number of aldehydes is 1. The Morgan fingerprint density at radius 3 is 2.93 bits per heavy atom. The third-order valence-corrected chi connectivity index (χ3v) is 2.78. The minimum atomic E-state index is 0.703. The van der Waals surface area contributed by atoms with E-state index in [1.165, 1.54) is 0 Å². The smallest absolute Gasteiger partial charge is 0.152 e. The molecule has 2 nitrogen and oxygen atoms in total. The maximum Gasteiger partial charge on any atom is 0.152 e. The monoisotopic (exact) mass is 221 g/mol. The van der Waals surface area contributed by atoms with E-state index in [1.807, 2.05) is 29.0 Å². The molecule has 1 heterocycles. The third kappa shape index (κ3) is 1.65. The molecule has 0 saturated carbocycles. The molecule has 2 rings (SSSR count). The average Bonchev–Trinajstić information content (AvgIpc) is 2.59. The van der Waals surface area contributed by atoms with E-state index < -0.39 is 0 Å². The van der Waals surface area contributed by atoms with Gasteiger partial charge in [0.1, 0.15) is 0 Å². The summed E-state index contributed by atoms with van der Waals surface area (Å²) >= 11 is 6.13. The van der Waals surface area contributed by atoms with E-state index in [4.69, 9.17) is 11.6 Å². The van der Waals surface area contributed by atoms with Crippen LogP contribution in [0.3, 0.4) is 0 Å². The summed E-state index contributed by atoms with van der Waals surface area (Å²) in [6, 6.07) is 5.65. The third-order valence-electron chi connectivity index (χ3n) is 2.47. The molecule has 0 saturated heterocycles. The highest BCUT2D eigenvalue weighted by molar-refractivity contribution is 6.35. The molecule has 0 unspecified atom stereocenters. The SMILES string of the molecule is CCCn1cc(C=O)c2cccc(Cl)c21. The summed E-state index contributed by atoms with van der Waals surface area (Å²) in [5.41, 5.74) is 1.67. The van der Waals surface area contributed by atoms with Gasteiger partial charge in [-0.25, -0.2) is 0 Å². The summed E-state index contributed by atoms with van der Waals surface area (Å²) in [7, 11) is 0. The number of benzene rings is 1. The summed E-state index contributed by atoms with van der Waals surface area (Å²) in [5, 5.41) is 1.64. The Morgan fingerprint density at radius 2 is 2.27 bits per heavy atom. The number of aromatic nitrogens is 1. The minimum absolute atomic E-state index is 0.703. The topological polar surface area (TPSA) is 22.0 Å². The Balaban J connectivity index is 2.75. The molecule has 78 valence electrons. The summed E-state index contributed by atoms with van der Waals surface area (Å²) in [4.78, 5) is 10.9. The molecule has 0 amide bonds. The number of rotatable bonds is 3. The first-order valence-electron chi connectivity index (χ1n) is 5.00. The molecule has 0 fully saturated rings. The molecule has 0 aliphatic rings. The van der Waals surface area contributed by atoms with Crippen molar-refractivity contribution in [1.29, 1.82) is 0 Å². The second-order valence-electron chi connectivity index (χ2n) is 3.53. The molecule has 0 aliphatic heterocycles. The molecular weight excluding hydrogens is 210 g/mol. The maximum atomic E-state index is 10.9. The van der Waals surface area contributed by atoms with Crippen molar-refractivity contribution in [3.63, 3.8) is 0 Å². The Labute approximate surface area is 93.5 Å². The van der Waals surface area contributed by atoms with Crippen molar-refractivity contribution in [3.05, 3.63) is 35.0 Å². The molecule has 1 aromatic carbocycles. The van der Waals surface area contributed by atoms with Gasteiger partial charge in [0.05, 0.1) is 10.5 Å². The molecule has 0 N–H and O–H groups in total. The number of hydrogen-bond donors (Lipinski definition) is 0. The minimum Gasteiger partial charge on any atom is -0.346 e. The largest absolute Gasteiger partial charge is 0.346 e. The lowest BCUT2D eigenvalue weighted by molar-refractivity contribution is 0.112. The van der Waals surface area contributed by atoms with Crippen LogP contribution in [0.4, 0.5) is 0 Å². The van der Waals surface area contributed by atoms with Crippen LogP contribution in [-0.2, 0) is 6.54 Å². The molecule has 0 atom stereocenters. The number of fused-ring (bicyclic) bond motifs is 1. The van der Waals surface area contributed by atoms with Gasteiger partial charge in [0.25, 0.3) is 0 Å². The van der Waals surface area contributed by atoms with Crippen molar-refractivity contribution in [3.8, 4) is 0 Å². The molecule has 0 radical (unpaired) electrons. The van der Waals surface area contributed by atoms with Crippen molar-refractivity contribution >= 4 is 28.8 Å². The Bertz CT molecular complexity index is 502. The van der Waals surface area contributed by atoms with Crippen molar-refractivity contribution in [2.45, 2.75) is 19.9 Å². The van der Waals surface area contributed by atoms with Gasteiger partial charge in [-0.3, -0.25) is 4.79 Å². The lowest BCUT2D eigenvalue weighted by Gasteiger charge is -2.03. The average molecular weight is 222 g/mol. The Kier molecular flexibility index (Phi) is 2.78. The lowest BCUT2D eigenvalue weighted by atomic mass is 10.2. The first-order valence-corrected chi connectivity index (χ1v) is 5.38. The second kappa shape index (κ2) is 4.07. The lowest BCUT2D eigenvalue weighted by Crippen LogP contribution is -1.94. The summed E-state index contributed by atoms with van der Waals surface area (Å²) in [6.45, 7) is 2.98. The molecule has 2 aromatic rings. The molecule has 0 spiro atoms. The van der Waals surface area contributed by atoms with E-state index >= 15 is 0 Å². The number of carbonyl (C=O) groups excluding carboxylic acids is 1. The maximum absolute atomic E-state index is 10.9. The number of carbonyl (C=O) groups is 1. The van der Waals surface area contributed by atoms with Crippen LogP contribution >= 0.6 is 11.6 Å². The van der Waals surface area contributed by atoms with E-state index in [-0.39, 0.29) is 0 Å². The fourth-order valence-corrected chi connectivity index (χ4v) is 2.14. The van der Waals surface area contributed by atoms with Gasteiger partial charge in [-0.1, -0.05) is 30.7 Å². The zero-order valence-corrected chi connectivity index (χ0v) is 9.29. The van der Waals surface area contributed by atoms with E-state index in [2.05, 4.69) is 6.92 Å². The number of para-hydroxylation sites is 1.